The number of hydrogen-bond donors (Lipinski definition) is 0. The van der Waals surface area contributed by atoms with Gasteiger partial charge in [0, 0.05) is 33.8 Å². The van der Waals surface area contributed by atoms with Gasteiger partial charge in [0.15, 0.2) is 0 Å². The molecule has 56 heavy (non-hydrogen) atoms. The summed E-state index contributed by atoms with van der Waals surface area (Å²) in [5.74, 6) is 0.315. The van der Waals surface area contributed by atoms with Gasteiger partial charge in [-0.05, 0) is 117 Å². The molecule has 8 aromatic carbocycles. The van der Waals surface area contributed by atoms with E-state index in [0.29, 0.717) is 5.92 Å². The molecular weight excluding hydrogens is 677 g/mol. The summed E-state index contributed by atoms with van der Waals surface area (Å²) in [6.07, 6.45) is 9.08. The van der Waals surface area contributed by atoms with Crippen LogP contribution in [0.15, 0.2) is 218 Å². The number of rotatable bonds is 6. The third-order valence-electron chi connectivity index (χ3n) is 11.7. The number of hydrogen-bond acceptors (Lipinski definition) is 1. The topological polar surface area (TPSA) is 8.17 Å². The maximum absolute atomic E-state index is 2.49. The van der Waals surface area contributed by atoms with Gasteiger partial charge in [-0.15, -0.1) is 0 Å². The van der Waals surface area contributed by atoms with Crippen LogP contribution in [0.5, 0.6) is 0 Å². The van der Waals surface area contributed by atoms with Crippen LogP contribution in [-0.2, 0) is 0 Å². The summed E-state index contributed by atoms with van der Waals surface area (Å²) >= 11 is 0. The number of nitrogens with zero attached hydrogens (tertiary/aromatic N) is 2. The van der Waals surface area contributed by atoms with Gasteiger partial charge in [-0.2, -0.15) is 0 Å². The van der Waals surface area contributed by atoms with E-state index in [9.17, 15) is 0 Å². The van der Waals surface area contributed by atoms with Crippen LogP contribution in [-0.4, -0.2) is 10.6 Å². The number of aromatic nitrogens is 1. The predicted octanol–water partition coefficient (Wildman–Crippen LogP) is 14.2. The summed E-state index contributed by atoms with van der Waals surface area (Å²) in [7, 11) is 0. The van der Waals surface area contributed by atoms with Gasteiger partial charge in [-0.3, -0.25) is 0 Å². The quantitative estimate of drug-likeness (QED) is 0.166. The number of benzene rings is 8. The lowest BCUT2D eigenvalue weighted by Crippen LogP contribution is -2.28. The minimum absolute atomic E-state index is 0.276. The molecule has 0 amide bonds. The van der Waals surface area contributed by atoms with Gasteiger partial charge >= 0.3 is 0 Å². The Kier molecular flexibility index (Phi) is 7.67. The molecule has 1 aromatic heterocycles. The van der Waals surface area contributed by atoms with Gasteiger partial charge in [0.25, 0.3) is 0 Å². The first kappa shape index (κ1) is 32.3. The average molecular weight is 715 g/mol. The highest BCUT2D eigenvalue weighted by molar-refractivity contribution is 6.10. The van der Waals surface area contributed by atoms with E-state index in [2.05, 4.69) is 228 Å². The molecule has 1 aliphatic carbocycles. The van der Waals surface area contributed by atoms with Crippen molar-refractivity contribution in [3.63, 3.8) is 0 Å². The Labute approximate surface area is 327 Å². The molecule has 9 aromatic rings. The lowest BCUT2D eigenvalue weighted by molar-refractivity contribution is 0.745. The summed E-state index contributed by atoms with van der Waals surface area (Å²) in [4.78, 5) is 2.49. The second kappa shape index (κ2) is 13.3. The molecule has 264 valence electrons. The van der Waals surface area contributed by atoms with E-state index in [-0.39, 0.29) is 6.04 Å². The Hall–Kier alpha value is -7.16. The van der Waals surface area contributed by atoms with Crippen molar-refractivity contribution in [3.8, 4) is 50.2 Å². The molecule has 2 atom stereocenters. The minimum atomic E-state index is 0.276. The van der Waals surface area contributed by atoms with Crippen molar-refractivity contribution in [2.45, 2.75) is 12.0 Å². The van der Waals surface area contributed by atoms with E-state index in [1.54, 1.807) is 0 Å². The molecule has 0 spiro atoms. The molecule has 1 aliphatic heterocycles. The van der Waals surface area contributed by atoms with Crippen molar-refractivity contribution >= 4 is 33.2 Å². The van der Waals surface area contributed by atoms with Crippen molar-refractivity contribution in [3.05, 3.63) is 224 Å². The lowest BCUT2D eigenvalue weighted by atomic mass is 9.89. The smallest absolute Gasteiger partial charge is 0.0629 e. The molecule has 0 saturated carbocycles. The SMILES string of the molecule is C1=CC2c3cc(-c4cccc(-c5ccc6c(c5)c5ccccc5n6-c5cc(-c6ccccc6)cc(-c6ccccc6)c5)c4)ccc3N(c3ccccc3)C2C=C1. The van der Waals surface area contributed by atoms with Crippen LogP contribution in [0.25, 0.3) is 72.0 Å². The van der Waals surface area contributed by atoms with Gasteiger partial charge in [0.2, 0.25) is 0 Å². The molecule has 2 unspecified atom stereocenters. The maximum atomic E-state index is 2.49. The normalized spacial score (nSPS) is 15.7. The molecule has 11 rings (SSSR count). The molecule has 2 heteroatoms. The van der Waals surface area contributed by atoms with Gasteiger partial charge in [-0.1, -0.05) is 152 Å². The molecule has 0 bridgehead atoms. The van der Waals surface area contributed by atoms with Gasteiger partial charge in [-0.25, -0.2) is 0 Å². The Morgan fingerprint density at radius 1 is 0.339 bits per heavy atom. The molecule has 0 saturated heterocycles. The van der Waals surface area contributed by atoms with Crippen LogP contribution in [0, 0.1) is 0 Å². The van der Waals surface area contributed by atoms with Crippen molar-refractivity contribution in [1.82, 2.24) is 4.57 Å². The van der Waals surface area contributed by atoms with E-state index in [1.807, 2.05) is 0 Å². The zero-order chi connectivity index (χ0) is 37.0. The van der Waals surface area contributed by atoms with Crippen LogP contribution in [0.1, 0.15) is 11.5 Å². The molecule has 2 nitrogen and oxygen atoms in total. The second-order valence-corrected chi connectivity index (χ2v) is 14.9. The van der Waals surface area contributed by atoms with Crippen LogP contribution < -0.4 is 4.90 Å². The first-order chi connectivity index (χ1) is 27.8. The number of anilines is 2. The summed E-state index contributed by atoms with van der Waals surface area (Å²) in [5.41, 5.74) is 17.1. The van der Waals surface area contributed by atoms with E-state index in [1.165, 1.54) is 83.3 Å². The van der Waals surface area contributed by atoms with Crippen LogP contribution in [0.3, 0.4) is 0 Å². The summed E-state index contributed by atoms with van der Waals surface area (Å²) in [6.45, 7) is 0. The largest absolute Gasteiger partial charge is 0.333 e. The van der Waals surface area contributed by atoms with Crippen molar-refractivity contribution < 1.29 is 0 Å². The van der Waals surface area contributed by atoms with Gasteiger partial charge < -0.3 is 9.47 Å². The van der Waals surface area contributed by atoms with Crippen LogP contribution >= 0.6 is 0 Å². The Morgan fingerprint density at radius 3 is 1.62 bits per heavy atom. The number of fused-ring (bicyclic) bond motifs is 6. The number of para-hydroxylation sites is 2. The summed E-state index contributed by atoms with van der Waals surface area (Å²) in [5, 5.41) is 2.49. The average Bonchev–Trinajstić information content (AvgIpc) is 3.79. The highest BCUT2D eigenvalue weighted by Crippen LogP contribution is 2.49. The highest BCUT2D eigenvalue weighted by Gasteiger charge is 2.37. The molecule has 2 heterocycles. The van der Waals surface area contributed by atoms with E-state index in [0.717, 1.165) is 5.69 Å². The van der Waals surface area contributed by atoms with E-state index in [4.69, 9.17) is 0 Å². The number of allylic oxidation sites excluding steroid dienone is 2. The fourth-order valence-corrected chi connectivity index (χ4v) is 9.05. The van der Waals surface area contributed by atoms with Crippen molar-refractivity contribution in [2.24, 2.45) is 0 Å². The first-order valence-electron chi connectivity index (χ1n) is 19.5. The standard InChI is InChI=1S/C54H38N2/c1-4-15-37(16-5-1)43-32-44(38-17-6-2-7-18-38)34-46(33-43)56-52-26-13-11-24-48(52)50-36-42(28-30-54(50)56)40-20-14-19-39(31-40)41-27-29-53-49(35-41)47-23-10-12-25-51(47)55(53)45-21-8-3-9-22-45/h1-36,47,51H. The Balaban J connectivity index is 1.01. The maximum Gasteiger partial charge on any atom is 0.0629 e. The minimum Gasteiger partial charge on any atom is -0.333 e. The van der Waals surface area contributed by atoms with E-state index >= 15 is 0 Å². The van der Waals surface area contributed by atoms with Gasteiger partial charge in [0.05, 0.1) is 17.1 Å². The fraction of sp³-hybridized carbons (Fsp3) is 0.0370. The highest BCUT2D eigenvalue weighted by atomic mass is 15.2. The monoisotopic (exact) mass is 714 g/mol. The van der Waals surface area contributed by atoms with Crippen LogP contribution in [0.2, 0.25) is 0 Å². The van der Waals surface area contributed by atoms with Crippen molar-refractivity contribution in [2.75, 3.05) is 4.90 Å². The predicted molar refractivity (Wildman–Crippen MR) is 236 cm³/mol. The molecule has 0 radical (unpaired) electrons. The van der Waals surface area contributed by atoms with Crippen LogP contribution in [0.4, 0.5) is 11.4 Å². The van der Waals surface area contributed by atoms with Gasteiger partial charge in [0.1, 0.15) is 0 Å². The molecule has 2 aliphatic rings. The zero-order valence-electron chi connectivity index (χ0n) is 30.8. The fourth-order valence-electron chi connectivity index (χ4n) is 9.05. The van der Waals surface area contributed by atoms with E-state index < -0.39 is 0 Å². The molecular formula is C54H38N2. The first-order valence-corrected chi connectivity index (χ1v) is 19.5. The molecule has 0 N–H and O–H groups in total. The molecule has 0 fully saturated rings. The Morgan fingerprint density at radius 2 is 0.893 bits per heavy atom. The third-order valence-corrected chi connectivity index (χ3v) is 11.7. The second-order valence-electron chi connectivity index (χ2n) is 14.9. The zero-order valence-corrected chi connectivity index (χ0v) is 30.8. The third kappa shape index (κ3) is 5.41. The summed E-state index contributed by atoms with van der Waals surface area (Å²) < 4.78 is 2.44. The lowest BCUT2D eigenvalue weighted by Gasteiger charge is -2.28. The Bertz CT molecular complexity index is 2910. The summed E-state index contributed by atoms with van der Waals surface area (Å²) in [6, 6.07) is 71.4. The van der Waals surface area contributed by atoms with Crippen molar-refractivity contribution in [1.29, 1.82) is 0 Å².